The van der Waals surface area contributed by atoms with Crippen LogP contribution in [-0.2, 0) is 4.79 Å². The van der Waals surface area contributed by atoms with E-state index in [2.05, 4.69) is 24.2 Å². The van der Waals surface area contributed by atoms with E-state index in [0.717, 1.165) is 25.7 Å². The van der Waals surface area contributed by atoms with Gasteiger partial charge in [0, 0.05) is 0 Å². The van der Waals surface area contributed by atoms with Crippen LogP contribution in [0.2, 0.25) is 0 Å². The van der Waals surface area contributed by atoms with Crippen molar-refractivity contribution in [2.75, 3.05) is 0 Å². The average molecular weight is 304 g/mol. The molecule has 4 nitrogen and oxygen atoms in total. The second kappa shape index (κ2) is 6.86. The van der Waals surface area contributed by atoms with Crippen LogP contribution < -0.4 is 40.0 Å². The van der Waals surface area contributed by atoms with Crippen LogP contribution in [0, 0.1) is 23.2 Å². The van der Waals surface area contributed by atoms with Crippen LogP contribution in [0.1, 0.15) is 46.5 Å². The maximum absolute atomic E-state index is 12.5. The van der Waals surface area contributed by atoms with Gasteiger partial charge in [0.25, 0.3) is 0 Å². The minimum Gasteiger partial charge on any atom is -0.861 e. The SMILES string of the molecule is CCCCC1CC(C)C(C)C12C(=O)NC(=S)N=C2[O-].[Na+]. The molecule has 1 amide bonds. The van der Waals surface area contributed by atoms with Crippen molar-refractivity contribution in [3.05, 3.63) is 0 Å². The van der Waals surface area contributed by atoms with Gasteiger partial charge in [0.05, 0.1) is 5.41 Å². The largest absolute Gasteiger partial charge is 1.00 e. The number of hydrogen-bond donors (Lipinski definition) is 1. The normalized spacial score (nSPS) is 36.5. The van der Waals surface area contributed by atoms with Gasteiger partial charge in [-0.2, -0.15) is 0 Å². The Bertz CT molecular complexity index is 441. The summed E-state index contributed by atoms with van der Waals surface area (Å²) in [7, 11) is 0. The van der Waals surface area contributed by atoms with Crippen molar-refractivity contribution in [1.82, 2.24) is 5.32 Å². The van der Waals surface area contributed by atoms with Gasteiger partial charge < -0.3 is 10.4 Å². The molecule has 20 heavy (non-hydrogen) atoms. The Balaban J connectivity index is 0.00000200. The fourth-order valence-corrected chi connectivity index (χ4v) is 3.90. The van der Waals surface area contributed by atoms with E-state index in [1.165, 1.54) is 0 Å². The van der Waals surface area contributed by atoms with Gasteiger partial charge in [-0.15, -0.1) is 0 Å². The van der Waals surface area contributed by atoms with Crippen molar-refractivity contribution >= 4 is 29.1 Å². The molecule has 1 spiro atoms. The molecule has 4 unspecified atom stereocenters. The molecule has 2 rings (SSSR count). The summed E-state index contributed by atoms with van der Waals surface area (Å²) >= 11 is 4.85. The first-order chi connectivity index (χ1) is 8.94. The number of nitrogens with zero attached hydrogens (tertiary/aromatic N) is 1. The van der Waals surface area contributed by atoms with E-state index in [1.54, 1.807) is 0 Å². The Kier molecular flexibility index (Phi) is 6.20. The zero-order chi connectivity index (χ0) is 14.2. The van der Waals surface area contributed by atoms with Crippen LogP contribution in [0.5, 0.6) is 0 Å². The maximum atomic E-state index is 12.5. The number of carbonyl (C=O) groups is 1. The monoisotopic (exact) mass is 304 g/mol. The fourth-order valence-electron chi connectivity index (χ4n) is 3.73. The molecule has 6 heteroatoms. The minimum atomic E-state index is -0.975. The third kappa shape index (κ3) is 2.70. The van der Waals surface area contributed by atoms with E-state index in [1.807, 2.05) is 6.92 Å². The van der Waals surface area contributed by atoms with E-state index in [9.17, 15) is 9.90 Å². The van der Waals surface area contributed by atoms with Gasteiger partial charge in [-0.3, -0.25) is 4.79 Å². The molecule has 0 aromatic carbocycles. The molecule has 1 aliphatic heterocycles. The van der Waals surface area contributed by atoms with Crippen molar-refractivity contribution in [2.24, 2.45) is 28.2 Å². The van der Waals surface area contributed by atoms with Crippen LogP contribution >= 0.6 is 12.2 Å². The standard InChI is InChI=1S/C14H22N2O2S.Na/c1-4-5-6-10-7-8(2)9(3)14(10)11(17)15-13(19)16-12(14)18;/h8-10H,4-7H2,1-3H3,(H2,15,16,17,18,19);/q;+1/p-1. The summed E-state index contributed by atoms with van der Waals surface area (Å²) < 4.78 is 0. The first-order valence-electron chi connectivity index (χ1n) is 7.06. The summed E-state index contributed by atoms with van der Waals surface area (Å²) in [6.45, 7) is 6.24. The Labute approximate surface area is 148 Å². The molecule has 2 aliphatic rings. The molecule has 0 saturated heterocycles. The van der Waals surface area contributed by atoms with Gasteiger partial charge in [-0.05, 0) is 48.7 Å². The number of unbranched alkanes of at least 4 members (excludes halogenated alkanes) is 1. The van der Waals surface area contributed by atoms with Crippen molar-refractivity contribution in [1.29, 1.82) is 0 Å². The Morgan fingerprint density at radius 3 is 2.70 bits per heavy atom. The molecule has 1 N–H and O–H groups in total. The summed E-state index contributed by atoms with van der Waals surface area (Å²) in [5.74, 6) is -0.0708. The average Bonchev–Trinajstić information content (AvgIpc) is 2.58. The van der Waals surface area contributed by atoms with Gasteiger partial charge in [-0.25, -0.2) is 4.99 Å². The Hall–Kier alpha value is 0.0300. The molecule has 1 aliphatic carbocycles. The number of amides is 1. The van der Waals surface area contributed by atoms with Gasteiger partial charge in [0.15, 0.2) is 5.11 Å². The zero-order valence-electron chi connectivity index (χ0n) is 12.7. The van der Waals surface area contributed by atoms with E-state index in [-0.39, 0.29) is 58.3 Å². The second-order valence-electron chi connectivity index (χ2n) is 5.89. The third-order valence-corrected chi connectivity index (χ3v) is 5.12. The maximum Gasteiger partial charge on any atom is 1.00 e. The molecule has 0 aromatic heterocycles. The minimum absolute atomic E-state index is 0. The number of aliphatic imine (C=N–C) groups is 1. The Morgan fingerprint density at radius 1 is 1.50 bits per heavy atom. The summed E-state index contributed by atoms with van der Waals surface area (Å²) in [5, 5.41) is 15.1. The zero-order valence-corrected chi connectivity index (χ0v) is 15.5. The molecular formula is C14H21N2NaO2S. The van der Waals surface area contributed by atoms with Gasteiger partial charge in [0.1, 0.15) is 0 Å². The first kappa shape index (κ1) is 18.1. The number of hydrogen-bond acceptors (Lipinski definition) is 3. The molecule has 1 saturated carbocycles. The summed E-state index contributed by atoms with van der Waals surface area (Å²) in [6.07, 6.45) is 3.94. The molecular weight excluding hydrogens is 283 g/mol. The van der Waals surface area contributed by atoms with E-state index in [4.69, 9.17) is 12.2 Å². The molecule has 4 atom stereocenters. The number of rotatable bonds is 3. The van der Waals surface area contributed by atoms with Crippen LogP contribution in [-0.4, -0.2) is 16.9 Å². The van der Waals surface area contributed by atoms with Crippen molar-refractivity contribution in [3.63, 3.8) is 0 Å². The van der Waals surface area contributed by atoms with E-state index < -0.39 is 5.41 Å². The number of carbonyl (C=O) groups excluding carboxylic acids is 1. The molecule has 0 radical (unpaired) electrons. The first-order valence-corrected chi connectivity index (χ1v) is 7.47. The fraction of sp³-hybridized carbons (Fsp3) is 0.786. The number of thiocarbonyl (C=S) groups is 1. The molecule has 0 bridgehead atoms. The van der Waals surface area contributed by atoms with Gasteiger partial charge in [0.2, 0.25) is 5.91 Å². The van der Waals surface area contributed by atoms with Crippen molar-refractivity contribution in [2.45, 2.75) is 46.5 Å². The second-order valence-corrected chi connectivity index (χ2v) is 6.27. The molecule has 106 valence electrons. The van der Waals surface area contributed by atoms with E-state index in [0.29, 0.717) is 5.92 Å². The van der Waals surface area contributed by atoms with Crippen LogP contribution in [0.15, 0.2) is 4.99 Å². The summed E-state index contributed by atoms with van der Waals surface area (Å²) in [5.41, 5.74) is -0.975. The van der Waals surface area contributed by atoms with Crippen molar-refractivity contribution in [3.8, 4) is 0 Å². The molecule has 1 heterocycles. The third-order valence-electron chi connectivity index (χ3n) is 4.93. The molecule has 0 aromatic rings. The predicted octanol–water partition coefficient (Wildman–Crippen LogP) is -1.37. The summed E-state index contributed by atoms with van der Waals surface area (Å²) in [6, 6.07) is 0. The van der Waals surface area contributed by atoms with Gasteiger partial charge in [-0.1, -0.05) is 33.6 Å². The smallest absolute Gasteiger partial charge is 0.861 e. The number of nitrogens with one attached hydrogen (secondary N) is 1. The van der Waals surface area contributed by atoms with E-state index >= 15 is 0 Å². The van der Waals surface area contributed by atoms with Crippen molar-refractivity contribution < 1.29 is 39.5 Å². The molecule has 1 fully saturated rings. The van der Waals surface area contributed by atoms with Crippen LogP contribution in [0.4, 0.5) is 0 Å². The van der Waals surface area contributed by atoms with Crippen LogP contribution in [0.25, 0.3) is 0 Å². The Morgan fingerprint density at radius 2 is 2.15 bits per heavy atom. The summed E-state index contributed by atoms with van der Waals surface area (Å²) in [4.78, 5) is 16.4. The van der Waals surface area contributed by atoms with Crippen LogP contribution in [0.3, 0.4) is 0 Å². The predicted molar refractivity (Wildman–Crippen MR) is 76.6 cm³/mol. The topological polar surface area (TPSA) is 64.5 Å². The van der Waals surface area contributed by atoms with Gasteiger partial charge >= 0.3 is 29.6 Å². The quantitative estimate of drug-likeness (QED) is 0.517.